The Kier molecular flexibility index (Phi) is 5.00. The SMILES string of the molecule is CCc1ccc(C(N)CN2CC(C)CC(C)C2)cc1. The van der Waals surface area contributed by atoms with E-state index in [0.29, 0.717) is 0 Å². The first-order chi connectivity index (χ1) is 9.08. The van der Waals surface area contributed by atoms with Crippen LogP contribution in [0.5, 0.6) is 0 Å². The van der Waals surface area contributed by atoms with Crippen LogP contribution in [-0.4, -0.2) is 24.5 Å². The fraction of sp³-hybridized carbons (Fsp3) is 0.647. The van der Waals surface area contributed by atoms with Gasteiger partial charge in [-0.05, 0) is 35.8 Å². The third-order valence-corrected chi connectivity index (χ3v) is 4.22. The zero-order valence-corrected chi connectivity index (χ0v) is 12.6. The molecule has 2 heteroatoms. The van der Waals surface area contributed by atoms with Crippen molar-refractivity contribution in [2.45, 2.75) is 39.7 Å². The average molecular weight is 260 g/mol. The second kappa shape index (κ2) is 6.53. The van der Waals surface area contributed by atoms with Crippen LogP contribution in [0, 0.1) is 11.8 Å². The Hall–Kier alpha value is -0.860. The van der Waals surface area contributed by atoms with E-state index in [1.165, 1.54) is 30.6 Å². The van der Waals surface area contributed by atoms with E-state index in [2.05, 4.69) is 49.9 Å². The van der Waals surface area contributed by atoms with E-state index in [1.807, 2.05) is 0 Å². The van der Waals surface area contributed by atoms with E-state index in [4.69, 9.17) is 5.73 Å². The molecule has 1 fully saturated rings. The number of hydrogen-bond donors (Lipinski definition) is 1. The highest BCUT2D eigenvalue weighted by Crippen LogP contribution is 2.23. The van der Waals surface area contributed by atoms with E-state index < -0.39 is 0 Å². The van der Waals surface area contributed by atoms with Crippen molar-refractivity contribution in [2.24, 2.45) is 17.6 Å². The fourth-order valence-electron chi connectivity index (χ4n) is 3.33. The summed E-state index contributed by atoms with van der Waals surface area (Å²) in [6.07, 6.45) is 2.45. The number of nitrogens with two attached hydrogens (primary N) is 1. The summed E-state index contributed by atoms with van der Waals surface area (Å²) >= 11 is 0. The molecule has 0 radical (unpaired) electrons. The Morgan fingerprint density at radius 1 is 1.16 bits per heavy atom. The lowest BCUT2D eigenvalue weighted by Crippen LogP contribution is -2.42. The van der Waals surface area contributed by atoms with E-state index in [9.17, 15) is 0 Å². The van der Waals surface area contributed by atoms with Crippen molar-refractivity contribution in [1.29, 1.82) is 0 Å². The minimum absolute atomic E-state index is 0.142. The second-order valence-electron chi connectivity index (χ2n) is 6.37. The van der Waals surface area contributed by atoms with Gasteiger partial charge in [0, 0.05) is 25.7 Å². The van der Waals surface area contributed by atoms with Gasteiger partial charge in [-0.15, -0.1) is 0 Å². The van der Waals surface area contributed by atoms with Crippen LogP contribution in [0.3, 0.4) is 0 Å². The molecule has 1 aliphatic heterocycles. The average Bonchev–Trinajstić information content (AvgIpc) is 2.37. The Bertz CT molecular complexity index is 375. The summed E-state index contributed by atoms with van der Waals surface area (Å²) < 4.78 is 0. The van der Waals surface area contributed by atoms with Gasteiger partial charge in [0.05, 0.1) is 0 Å². The first kappa shape index (κ1) is 14.5. The topological polar surface area (TPSA) is 29.3 Å². The molecule has 19 heavy (non-hydrogen) atoms. The van der Waals surface area contributed by atoms with Gasteiger partial charge in [0.2, 0.25) is 0 Å². The molecule has 1 aliphatic rings. The molecule has 1 heterocycles. The quantitative estimate of drug-likeness (QED) is 0.900. The molecular formula is C17H28N2. The molecule has 0 amide bonds. The predicted octanol–water partition coefficient (Wildman–Crippen LogP) is 3.23. The summed E-state index contributed by atoms with van der Waals surface area (Å²) in [6.45, 7) is 10.3. The molecule has 2 N–H and O–H groups in total. The molecular weight excluding hydrogens is 232 g/mol. The monoisotopic (exact) mass is 260 g/mol. The van der Waals surface area contributed by atoms with E-state index >= 15 is 0 Å². The van der Waals surface area contributed by atoms with Crippen LogP contribution in [0.15, 0.2) is 24.3 Å². The van der Waals surface area contributed by atoms with Crippen LogP contribution in [0.1, 0.15) is 44.4 Å². The van der Waals surface area contributed by atoms with Gasteiger partial charge >= 0.3 is 0 Å². The third-order valence-electron chi connectivity index (χ3n) is 4.22. The minimum Gasteiger partial charge on any atom is -0.323 e. The molecule has 1 aromatic carbocycles. The number of hydrogen-bond acceptors (Lipinski definition) is 2. The molecule has 1 saturated heterocycles. The Balaban J connectivity index is 1.93. The van der Waals surface area contributed by atoms with Crippen molar-refractivity contribution in [3.63, 3.8) is 0 Å². The third kappa shape index (κ3) is 4.05. The molecule has 0 saturated carbocycles. The van der Waals surface area contributed by atoms with Crippen LogP contribution in [0.4, 0.5) is 0 Å². The number of likely N-dealkylation sites (tertiary alicyclic amines) is 1. The first-order valence-corrected chi connectivity index (χ1v) is 7.65. The van der Waals surface area contributed by atoms with Gasteiger partial charge < -0.3 is 10.6 Å². The van der Waals surface area contributed by atoms with Crippen molar-refractivity contribution in [1.82, 2.24) is 4.90 Å². The molecule has 3 unspecified atom stereocenters. The number of aryl methyl sites for hydroxylation is 1. The van der Waals surface area contributed by atoms with Gasteiger partial charge in [0.25, 0.3) is 0 Å². The smallest absolute Gasteiger partial charge is 0.0424 e. The normalized spacial score (nSPS) is 26.3. The van der Waals surface area contributed by atoms with Gasteiger partial charge in [0.15, 0.2) is 0 Å². The molecule has 0 spiro atoms. The zero-order chi connectivity index (χ0) is 13.8. The summed E-state index contributed by atoms with van der Waals surface area (Å²) in [4.78, 5) is 2.54. The number of nitrogens with zero attached hydrogens (tertiary/aromatic N) is 1. The summed E-state index contributed by atoms with van der Waals surface area (Å²) in [7, 11) is 0. The van der Waals surface area contributed by atoms with E-state index in [-0.39, 0.29) is 6.04 Å². The van der Waals surface area contributed by atoms with Gasteiger partial charge in [0.1, 0.15) is 0 Å². The van der Waals surface area contributed by atoms with Crippen LogP contribution in [0.25, 0.3) is 0 Å². The summed E-state index contributed by atoms with van der Waals surface area (Å²) in [5.41, 5.74) is 9.02. The van der Waals surface area contributed by atoms with Gasteiger partial charge in [-0.1, -0.05) is 45.0 Å². The van der Waals surface area contributed by atoms with E-state index in [1.54, 1.807) is 0 Å². The lowest BCUT2D eigenvalue weighted by atomic mass is 9.91. The Morgan fingerprint density at radius 3 is 2.26 bits per heavy atom. The first-order valence-electron chi connectivity index (χ1n) is 7.65. The van der Waals surface area contributed by atoms with Gasteiger partial charge in [-0.2, -0.15) is 0 Å². The summed E-state index contributed by atoms with van der Waals surface area (Å²) in [5.74, 6) is 1.61. The molecule has 0 bridgehead atoms. The van der Waals surface area contributed by atoms with Crippen molar-refractivity contribution in [2.75, 3.05) is 19.6 Å². The van der Waals surface area contributed by atoms with Gasteiger partial charge in [-0.3, -0.25) is 0 Å². The molecule has 2 rings (SSSR count). The molecule has 106 valence electrons. The second-order valence-corrected chi connectivity index (χ2v) is 6.37. The molecule has 3 atom stereocenters. The maximum absolute atomic E-state index is 6.37. The lowest BCUT2D eigenvalue weighted by molar-refractivity contribution is 0.134. The van der Waals surface area contributed by atoms with Crippen molar-refractivity contribution < 1.29 is 0 Å². The van der Waals surface area contributed by atoms with Crippen LogP contribution >= 0.6 is 0 Å². The molecule has 0 aliphatic carbocycles. The summed E-state index contributed by atoms with van der Waals surface area (Å²) in [5, 5.41) is 0. The highest BCUT2D eigenvalue weighted by atomic mass is 15.1. The van der Waals surface area contributed by atoms with Crippen LogP contribution in [0.2, 0.25) is 0 Å². The maximum Gasteiger partial charge on any atom is 0.0424 e. The summed E-state index contributed by atoms with van der Waals surface area (Å²) in [6, 6.07) is 8.94. The van der Waals surface area contributed by atoms with Crippen LogP contribution < -0.4 is 5.73 Å². The molecule has 1 aromatic rings. The lowest BCUT2D eigenvalue weighted by Gasteiger charge is -2.36. The molecule has 0 aromatic heterocycles. The maximum atomic E-state index is 6.37. The standard InChI is InChI=1S/C17H28N2/c1-4-15-5-7-16(8-6-15)17(18)12-19-10-13(2)9-14(3)11-19/h5-8,13-14,17H,4,9-12,18H2,1-3H3. The Morgan fingerprint density at radius 2 is 1.74 bits per heavy atom. The number of piperidine rings is 1. The van der Waals surface area contributed by atoms with Gasteiger partial charge in [-0.25, -0.2) is 0 Å². The largest absolute Gasteiger partial charge is 0.323 e. The number of rotatable bonds is 4. The van der Waals surface area contributed by atoms with Crippen LogP contribution in [-0.2, 0) is 6.42 Å². The highest BCUT2D eigenvalue weighted by molar-refractivity contribution is 5.25. The Labute approximate surface area is 118 Å². The zero-order valence-electron chi connectivity index (χ0n) is 12.6. The highest BCUT2D eigenvalue weighted by Gasteiger charge is 2.23. The van der Waals surface area contributed by atoms with E-state index in [0.717, 1.165) is 24.8 Å². The fourth-order valence-corrected chi connectivity index (χ4v) is 3.33. The predicted molar refractivity (Wildman–Crippen MR) is 82.1 cm³/mol. The van der Waals surface area contributed by atoms with Crippen molar-refractivity contribution >= 4 is 0 Å². The molecule has 2 nitrogen and oxygen atoms in total. The number of benzene rings is 1. The minimum atomic E-state index is 0.142. The van der Waals surface area contributed by atoms with Crippen molar-refractivity contribution in [3.05, 3.63) is 35.4 Å². The van der Waals surface area contributed by atoms with Crippen molar-refractivity contribution in [3.8, 4) is 0 Å².